The number of hydrogen-bond donors (Lipinski definition) is 3. The average Bonchev–Trinajstić information content (AvgIpc) is 3.59. The zero-order valence-electron chi connectivity index (χ0n) is 20.5. The van der Waals surface area contributed by atoms with Crippen LogP contribution in [0.25, 0.3) is 33.3 Å². The molecule has 6 rings (SSSR count). The van der Waals surface area contributed by atoms with Gasteiger partial charge >= 0.3 is 6.03 Å². The fourth-order valence-electron chi connectivity index (χ4n) is 4.95. The number of aryl methyl sites for hydroxylation is 1. The number of imide groups is 1. The predicted molar refractivity (Wildman–Crippen MR) is 138 cm³/mol. The zero-order valence-corrected chi connectivity index (χ0v) is 20.5. The summed E-state index contributed by atoms with van der Waals surface area (Å²) in [6, 6.07) is 19.9. The van der Waals surface area contributed by atoms with Gasteiger partial charge in [-0.05, 0) is 45.3 Å². The van der Waals surface area contributed by atoms with Crippen LogP contribution in [-0.4, -0.2) is 48.9 Å². The number of ether oxygens (including phenoxy) is 1. The van der Waals surface area contributed by atoms with Crippen molar-refractivity contribution in [3.8, 4) is 34.1 Å². The van der Waals surface area contributed by atoms with E-state index < -0.39 is 17.5 Å². The van der Waals surface area contributed by atoms with Crippen LogP contribution in [0.2, 0.25) is 0 Å². The minimum absolute atomic E-state index is 0.0199. The van der Waals surface area contributed by atoms with E-state index in [1.807, 2.05) is 42.5 Å². The molecule has 0 bridgehead atoms. The standard InChI is InChI=1S/C27H23N7O4/c1-33-23(30-31-32-33)21-6-4-3-5-20(21)16-7-10-18(11-8-16)27(25(36)28-26(37)29-27)15-34-14-17-9-12-19(38-2)13-22(17)24(34)35/h3-14,35H,15H2,1-2H3,(H2,28,29,36,37)/t27-/m0/s1. The maximum Gasteiger partial charge on any atom is 0.322 e. The molecule has 3 heterocycles. The number of nitrogens with one attached hydrogen (secondary N) is 2. The normalized spacial score (nSPS) is 17.0. The van der Waals surface area contributed by atoms with Gasteiger partial charge in [-0.1, -0.05) is 48.5 Å². The van der Waals surface area contributed by atoms with Gasteiger partial charge in [0.1, 0.15) is 5.75 Å². The molecule has 190 valence electrons. The lowest BCUT2D eigenvalue weighted by Gasteiger charge is -2.27. The third-order valence-electron chi connectivity index (χ3n) is 6.89. The number of carbonyl (C=O) groups is 2. The highest BCUT2D eigenvalue weighted by molar-refractivity contribution is 6.07. The number of carbonyl (C=O) groups excluding carboxylic acids is 2. The minimum atomic E-state index is -1.43. The summed E-state index contributed by atoms with van der Waals surface area (Å²) in [6.45, 7) is -0.0199. The molecular weight excluding hydrogens is 486 g/mol. The highest BCUT2D eigenvalue weighted by Gasteiger charge is 2.48. The largest absolute Gasteiger partial charge is 0.497 e. The smallest absolute Gasteiger partial charge is 0.322 e. The van der Waals surface area contributed by atoms with E-state index in [1.54, 1.807) is 53.9 Å². The minimum Gasteiger partial charge on any atom is -0.497 e. The monoisotopic (exact) mass is 509 g/mol. The van der Waals surface area contributed by atoms with E-state index in [-0.39, 0.29) is 12.4 Å². The Morgan fingerprint density at radius 1 is 1.03 bits per heavy atom. The van der Waals surface area contributed by atoms with Gasteiger partial charge in [0.05, 0.1) is 13.7 Å². The maximum absolute atomic E-state index is 13.2. The van der Waals surface area contributed by atoms with E-state index in [4.69, 9.17) is 4.74 Å². The van der Waals surface area contributed by atoms with Crippen molar-refractivity contribution in [3.63, 3.8) is 0 Å². The first kappa shape index (κ1) is 23.2. The molecule has 1 aliphatic heterocycles. The summed E-state index contributed by atoms with van der Waals surface area (Å²) in [5, 5.41) is 29.3. The second-order valence-electron chi connectivity index (χ2n) is 9.10. The van der Waals surface area contributed by atoms with Crippen LogP contribution in [0.3, 0.4) is 0 Å². The van der Waals surface area contributed by atoms with Gasteiger partial charge in [0.2, 0.25) is 0 Å². The molecule has 1 fully saturated rings. The summed E-state index contributed by atoms with van der Waals surface area (Å²) in [5.74, 6) is 0.682. The summed E-state index contributed by atoms with van der Waals surface area (Å²) in [6.07, 6.45) is 1.74. The quantitative estimate of drug-likeness (QED) is 0.299. The van der Waals surface area contributed by atoms with Crippen molar-refractivity contribution < 1.29 is 19.4 Å². The van der Waals surface area contributed by atoms with Crippen LogP contribution in [0.5, 0.6) is 11.6 Å². The van der Waals surface area contributed by atoms with Crippen LogP contribution in [-0.2, 0) is 23.9 Å². The van der Waals surface area contributed by atoms with Gasteiger partial charge in [0.15, 0.2) is 17.2 Å². The molecule has 11 heteroatoms. The molecule has 5 aromatic rings. The SMILES string of the molecule is COc1ccc2cn(C[C@@]3(c4ccc(-c5ccccc5-c5nnnn5C)cc4)NC(=O)NC3=O)c(O)c2c1. The van der Waals surface area contributed by atoms with Crippen LogP contribution in [0.15, 0.2) is 72.9 Å². The van der Waals surface area contributed by atoms with Gasteiger partial charge in [-0.3, -0.25) is 10.1 Å². The molecule has 1 saturated heterocycles. The van der Waals surface area contributed by atoms with Crippen LogP contribution < -0.4 is 15.4 Å². The third kappa shape index (κ3) is 3.63. The van der Waals surface area contributed by atoms with Gasteiger partial charge in [-0.25, -0.2) is 9.48 Å². The molecule has 3 N–H and O–H groups in total. The Balaban J connectivity index is 1.41. The molecule has 1 aliphatic rings. The van der Waals surface area contributed by atoms with E-state index in [0.717, 1.165) is 22.1 Å². The number of methoxy groups -OCH3 is 1. The van der Waals surface area contributed by atoms with Gasteiger partial charge in [-0.15, -0.1) is 5.10 Å². The van der Waals surface area contributed by atoms with E-state index in [9.17, 15) is 14.7 Å². The first-order chi connectivity index (χ1) is 18.4. The summed E-state index contributed by atoms with van der Waals surface area (Å²) < 4.78 is 8.43. The summed E-state index contributed by atoms with van der Waals surface area (Å²) in [4.78, 5) is 25.5. The van der Waals surface area contributed by atoms with Gasteiger partial charge in [0, 0.05) is 29.6 Å². The fraction of sp³-hybridized carbons (Fsp3) is 0.148. The Hall–Kier alpha value is -5.19. The van der Waals surface area contributed by atoms with Crippen molar-refractivity contribution in [2.75, 3.05) is 7.11 Å². The number of aromatic nitrogens is 5. The Bertz CT molecular complexity index is 1710. The number of amides is 3. The Morgan fingerprint density at radius 3 is 2.45 bits per heavy atom. The molecule has 38 heavy (non-hydrogen) atoms. The van der Waals surface area contributed by atoms with Gasteiger partial charge in [-0.2, -0.15) is 0 Å². The van der Waals surface area contributed by atoms with E-state index in [2.05, 4.69) is 26.2 Å². The Labute approximate surface area is 216 Å². The van der Waals surface area contributed by atoms with E-state index >= 15 is 0 Å². The molecule has 3 aromatic carbocycles. The number of hydrogen-bond acceptors (Lipinski definition) is 7. The molecule has 0 unspecified atom stereocenters. The van der Waals surface area contributed by atoms with Crippen molar-refractivity contribution in [2.24, 2.45) is 7.05 Å². The van der Waals surface area contributed by atoms with Crippen LogP contribution in [0, 0.1) is 0 Å². The van der Waals surface area contributed by atoms with E-state index in [1.165, 1.54) is 0 Å². The molecule has 0 aliphatic carbocycles. The summed E-state index contributed by atoms with van der Waals surface area (Å²) >= 11 is 0. The van der Waals surface area contributed by atoms with Crippen molar-refractivity contribution >= 4 is 22.7 Å². The first-order valence-electron chi connectivity index (χ1n) is 11.8. The van der Waals surface area contributed by atoms with Crippen molar-refractivity contribution in [1.29, 1.82) is 0 Å². The first-order valence-corrected chi connectivity index (χ1v) is 11.8. The summed E-state index contributed by atoms with van der Waals surface area (Å²) in [7, 11) is 3.32. The van der Waals surface area contributed by atoms with Crippen molar-refractivity contribution in [1.82, 2.24) is 35.4 Å². The topological polar surface area (TPSA) is 136 Å². The molecule has 3 amide bonds. The lowest BCUT2D eigenvalue weighted by molar-refractivity contribution is -0.124. The number of tetrazole rings is 1. The zero-order chi connectivity index (χ0) is 26.4. The molecule has 0 spiro atoms. The lowest BCUT2D eigenvalue weighted by Crippen LogP contribution is -2.47. The molecular formula is C27H23N7O4. The lowest BCUT2D eigenvalue weighted by atomic mass is 9.88. The molecule has 0 saturated carbocycles. The van der Waals surface area contributed by atoms with Crippen LogP contribution >= 0.6 is 0 Å². The number of rotatable bonds is 6. The summed E-state index contributed by atoms with van der Waals surface area (Å²) in [5.41, 5.74) is 1.79. The fourth-order valence-corrected chi connectivity index (χ4v) is 4.95. The molecule has 1 atom stereocenters. The van der Waals surface area contributed by atoms with Crippen LogP contribution in [0.4, 0.5) is 4.79 Å². The Morgan fingerprint density at radius 2 is 1.79 bits per heavy atom. The number of nitrogens with zero attached hydrogens (tertiary/aromatic N) is 5. The third-order valence-corrected chi connectivity index (χ3v) is 6.89. The average molecular weight is 510 g/mol. The number of fused-ring (bicyclic) bond motifs is 1. The predicted octanol–water partition coefficient (Wildman–Crippen LogP) is 2.95. The Kier molecular flexibility index (Phi) is 5.34. The number of benzene rings is 3. The molecule has 11 nitrogen and oxygen atoms in total. The second-order valence-corrected chi connectivity index (χ2v) is 9.10. The van der Waals surface area contributed by atoms with Crippen LogP contribution in [0.1, 0.15) is 5.56 Å². The second kappa shape index (κ2) is 8.73. The highest BCUT2D eigenvalue weighted by atomic mass is 16.5. The van der Waals surface area contributed by atoms with Gasteiger partial charge < -0.3 is 19.7 Å². The number of aromatic hydroxyl groups is 1. The van der Waals surface area contributed by atoms with E-state index in [0.29, 0.717) is 22.5 Å². The van der Waals surface area contributed by atoms with Crippen molar-refractivity contribution in [2.45, 2.75) is 12.1 Å². The maximum atomic E-state index is 13.2. The van der Waals surface area contributed by atoms with Crippen molar-refractivity contribution in [3.05, 3.63) is 78.5 Å². The molecule has 0 radical (unpaired) electrons. The molecule has 2 aromatic heterocycles. The highest BCUT2D eigenvalue weighted by Crippen LogP contribution is 2.36. The number of urea groups is 1. The van der Waals surface area contributed by atoms with Gasteiger partial charge in [0.25, 0.3) is 5.91 Å².